The highest BCUT2D eigenvalue weighted by Crippen LogP contribution is 2.23. The Morgan fingerprint density at radius 1 is 1.28 bits per heavy atom. The number of carbonyl (C=O) groups is 1. The molecule has 1 rings (SSSR count). The van der Waals surface area contributed by atoms with Crippen LogP contribution < -0.4 is 0 Å². The van der Waals surface area contributed by atoms with Crippen molar-refractivity contribution in [1.29, 1.82) is 0 Å². The van der Waals surface area contributed by atoms with Crippen molar-refractivity contribution in [2.24, 2.45) is 0 Å². The van der Waals surface area contributed by atoms with Gasteiger partial charge in [0, 0.05) is 11.6 Å². The molecule has 0 atom stereocenters. The lowest BCUT2D eigenvalue weighted by atomic mass is 10.1. The first kappa shape index (κ1) is 15.0. The van der Waals surface area contributed by atoms with Crippen molar-refractivity contribution < 1.29 is 9.53 Å². The first-order valence-electron chi connectivity index (χ1n) is 6.02. The van der Waals surface area contributed by atoms with Gasteiger partial charge in [-0.1, -0.05) is 39.5 Å². The second-order valence-electron chi connectivity index (χ2n) is 4.66. The van der Waals surface area contributed by atoms with Gasteiger partial charge in [0.1, 0.15) is 10.9 Å². The van der Waals surface area contributed by atoms with Crippen molar-refractivity contribution in [2.75, 3.05) is 12.9 Å². The molecule has 0 aromatic carbocycles. The van der Waals surface area contributed by atoms with Crippen LogP contribution in [0.4, 0.5) is 0 Å². The average molecular weight is 268 g/mol. The van der Waals surface area contributed by atoms with Crippen LogP contribution in [0.25, 0.3) is 0 Å². The molecule has 0 N–H and O–H groups in total. The van der Waals surface area contributed by atoms with Crippen molar-refractivity contribution in [3.05, 3.63) is 17.6 Å². The molecule has 0 aliphatic carbocycles. The second kappa shape index (κ2) is 6.73. The van der Waals surface area contributed by atoms with E-state index in [1.165, 1.54) is 18.9 Å². The smallest absolute Gasteiger partial charge is 0.316 e. The number of hydrogen-bond acceptors (Lipinski definition) is 5. The van der Waals surface area contributed by atoms with E-state index in [4.69, 9.17) is 0 Å². The highest BCUT2D eigenvalue weighted by Gasteiger charge is 2.12. The van der Waals surface area contributed by atoms with Crippen molar-refractivity contribution >= 4 is 17.7 Å². The number of hydrogen-bond donors (Lipinski definition) is 0. The number of carbonyl (C=O) groups excluding carboxylic acids is 1. The Balaban J connectivity index is 2.92. The molecule has 0 unspecified atom stereocenters. The molecule has 0 saturated heterocycles. The largest absolute Gasteiger partial charge is 0.468 e. The summed E-state index contributed by atoms with van der Waals surface area (Å²) in [5.41, 5.74) is 1.01. The van der Waals surface area contributed by atoms with Gasteiger partial charge in [-0.05, 0) is 12.0 Å². The predicted molar refractivity (Wildman–Crippen MR) is 73.0 cm³/mol. The normalized spacial score (nSPS) is 11.1. The highest BCUT2D eigenvalue weighted by atomic mass is 32.2. The molecule has 0 fully saturated rings. The summed E-state index contributed by atoms with van der Waals surface area (Å²) in [6.45, 7) is 8.32. The molecule has 100 valence electrons. The van der Waals surface area contributed by atoms with E-state index in [0.717, 1.165) is 16.5 Å². The van der Waals surface area contributed by atoms with Crippen LogP contribution in [0.2, 0.25) is 0 Å². The van der Waals surface area contributed by atoms with Gasteiger partial charge in [0.2, 0.25) is 0 Å². The summed E-state index contributed by atoms with van der Waals surface area (Å²) in [6, 6.07) is 1.95. The first-order chi connectivity index (χ1) is 8.43. The van der Waals surface area contributed by atoms with E-state index in [9.17, 15) is 4.79 Å². The van der Waals surface area contributed by atoms with Gasteiger partial charge >= 0.3 is 5.97 Å². The standard InChI is InChI=1S/C13H20N2O2S/c1-8(2)10-6-11(18-7-12(16)17-5)15-13(14-10)9(3)4/h6,8-9H,7H2,1-5H3. The fourth-order valence-electron chi connectivity index (χ4n) is 1.28. The Labute approximate surface area is 113 Å². The van der Waals surface area contributed by atoms with E-state index in [1.807, 2.05) is 6.07 Å². The fraction of sp³-hybridized carbons (Fsp3) is 0.615. The van der Waals surface area contributed by atoms with Gasteiger partial charge in [-0.25, -0.2) is 9.97 Å². The minimum Gasteiger partial charge on any atom is -0.468 e. The van der Waals surface area contributed by atoms with Crippen LogP contribution in [0.3, 0.4) is 0 Å². The molecule has 0 bridgehead atoms. The van der Waals surface area contributed by atoms with E-state index in [1.54, 1.807) is 0 Å². The third-order valence-electron chi connectivity index (χ3n) is 2.41. The third kappa shape index (κ3) is 4.29. The number of aromatic nitrogens is 2. The molecule has 0 saturated carbocycles. The highest BCUT2D eigenvalue weighted by molar-refractivity contribution is 7.99. The average Bonchev–Trinajstić information content (AvgIpc) is 2.35. The lowest BCUT2D eigenvalue weighted by Crippen LogP contribution is -2.06. The first-order valence-corrected chi connectivity index (χ1v) is 7.01. The topological polar surface area (TPSA) is 52.1 Å². The maximum Gasteiger partial charge on any atom is 0.316 e. The lowest BCUT2D eigenvalue weighted by molar-refractivity contribution is -0.137. The van der Waals surface area contributed by atoms with Crippen molar-refractivity contribution in [3.63, 3.8) is 0 Å². The van der Waals surface area contributed by atoms with Crippen LogP contribution in [-0.2, 0) is 9.53 Å². The van der Waals surface area contributed by atoms with E-state index >= 15 is 0 Å². The van der Waals surface area contributed by atoms with Crippen LogP contribution in [0.5, 0.6) is 0 Å². The second-order valence-corrected chi connectivity index (χ2v) is 5.66. The van der Waals surface area contributed by atoms with E-state index in [-0.39, 0.29) is 17.6 Å². The zero-order valence-corrected chi connectivity index (χ0v) is 12.4. The quantitative estimate of drug-likeness (QED) is 0.467. The molecular formula is C13H20N2O2S. The minimum atomic E-state index is -0.240. The Bertz CT molecular complexity index is 393. The zero-order valence-electron chi connectivity index (χ0n) is 11.6. The summed E-state index contributed by atoms with van der Waals surface area (Å²) in [4.78, 5) is 20.1. The number of esters is 1. The molecule has 5 heteroatoms. The molecule has 0 amide bonds. The van der Waals surface area contributed by atoms with Gasteiger partial charge in [-0.15, -0.1) is 0 Å². The number of thioether (sulfide) groups is 1. The maximum atomic E-state index is 11.1. The lowest BCUT2D eigenvalue weighted by Gasteiger charge is -2.11. The molecular weight excluding hydrogens is 248 g/mol. The molecule has 4 nitrogen and oxygen atoms in total. The Kier molecular flexibility index (Phi) is 5.59. The van der Waals surface area contributed by atoms with Crippen molar-refractivity contribution in [1.82, 2.24) is 9.97 Å². The molecule has 0 aliphatic heterocycles. The van der Waals surface area contributed by atoms with E-state index in [2.05, 4.69) is 42.4 Å². The maximum absolute atomic E-state index is 11.1. The monoisotopic (exact) mass is 268 g/mol. The van der Waals surface area contributed by atoms with Crippen molar-refractivity contribution in [2.45, 2.75) is 44.6 Å². The summed E-state index contributed by atoms with van der Waals surface area (Å²) in [6.07, 6.45) is 0. The van der Waals surface area contributed by atoms with Crippen molar-refractivity contribution in [3.8, 4) is 0 Å². The van der Waals surface area contributed by atoms with Crippen LogP contribution >= 0.6 is 11.8 Å². The zero-order chi connectivity index (χ0) is 13.7. The van der Waals surface area contributed by atoms with Crippen LogP contribution in [0.15, 0.2) is 11.1 Å². The minimum absolute atomic E-state index is 0.240. The summed E-state index contributed by atoms with van der Waals surface area (Å²) in [5.74, 6) is 1.50. The Morgan fingerprint density at radius 3 is 2.44 bits per heavy atom. The van der Waals surface area contributed by atoms with Gasteiger partial charge < -0.3 is 4.74 Å². The molecule has 0 aliphatic rings. The number of rotatable bonds is 5. The van der Waals surface area contributed by atoms with Gasteiger partial charge in [-0.3, -0.25) is 4.79 Å². The summed E-state index contributed by atoms with van der Waals surface area (Å²) < 4.78 is 4.62. The van der Waals surface area contributed by atoms with Crippen LogP contribution in [0, 0.1) is 0 Å². The van der Waals surface area contributed by atoms with Gasteiger partial charge in [0.15, 0.2) is 0 Å². The van der Waals surface area contributed by atoms with Crippen LogP contribution in [-0.4, -0.2) is 28.8 Å². The Hall–Kier alpha value is -1.10. The predicted octanol–water partition coefficient (Wildman–Crippen LogP) is 2.99. The molecule has 18 heavy (non-hydrogen) atoms. The van der Waals surface area contributed by atoms with E-state index in [0.29, 0.717) is 5.92 Å². The molecule has 1 aromatic heterocycles. The summed E-state index contributed by atoms with van der Waals surface area (Å²) in [5, 5.41) is 0.836. The third-order valence-corrected chi connectivity index (χ3v) is 3.30. The van der Waals surface area contributed by atoms with Crippen LogP contribution in [0.1, 0.15) is 51.0 Å². The molecule has 1 heterocycles. The number of ether oxygens (including phenoxy) is 1. The number of nitrogens with zero attached hydrogens (tertiary/aromatic N) is 2. The summed E-state index contributed by atoms with van der Waals surface area (Å²) in [7, 11) is 1.39. The Morgan fingerprint density at radius 2 is 1.94 bits per heavy atom. The molecule has 0 spiro atoms. The summed E-state index contributed by atoms with van der Waals surface area (Å²) >= 11 is 1.39. The van der Waals surface area contributed by atoms with Gasteiger partial charge in [-0.2, -0.15) is 0 Å². The van der Waals surface area contributed by atoms with Gasteiger partial charge in [0.05, 0.1) is 12.9 Å². The van der Waals surface area contributed by atoms with Gasteiger partial charge in [0.25, 0.3) is 0 Å². The number of methoxy groups -OCH3 is 1. The molecule has 0 radical (unpaired) electrons. The van der Waals surface area contributed by atoms with E-state index < -0.39 is 0 Å². The fourth-order valence-corrected chi connectivity index (χ4v) is 2.03. The molecule has 1 aromatic rings. The SMILES string of the molecule is COC(=O)CSc1cc(C(C)C)nc(C(C)C)n1.